The van der Waals surface area contributed by atoms with E-state index in [1.807, 2.05) is 78.8 Å². The lowest BCUT2D eigenvalue weighted by Gasteiger charge is -2.41. The van der Waals surface area contributed by atoms with Gasteiger partial charge in [0.1, 0.15) is 12.6 Å². The molecule has 0 radical (unpaired) electrons. The van der Waals surface area contributed by atoms with Crippen LogP contribution in [-0.2, 0) is 24.6 Å². The summed E-state index contributed by atoms with van der Waals surface area (Å²) < 4.78 is 0. The van der Waals surface area contributed by atoms with Crippen LogP contribution in [0.1, 0.15) is 54.0 Å². The van der Waals surface area contributed by atoms with Crippen molar-refractivity contribution in [1.29, 1.82) is 0 Å². The Kier molecular flexibility index (Phi) is 12.8. The van der Waals surface area contributed by atoms with E-state index in [0.29, 0.717) is 6.54 Å². The normalized spacial score (nSPS) is 14.4. The predicted octanol–water partition coefficient (Wildman–Crippen LogP) is 2.04. The molecule has 226 valence electrons. The molecule has 0 spiro atoms. The molecule has 1 aromatic carbocycles. The third-order valence-electron chi connectivity index (χ3n) is 7.51. The van der Waals surface area contributed by atoms with Crippen molar-refractivity contribution in [2.45, 2.75) is 72.0 Å². The number of carboxylic acids is 1. The number of carbonyl (C=O) groups excluding carboxylic acids is 3. The van der Waals surface area contributed by atoms with Gasteiger partial charge >= 0.3 is 5.97 Å². The fourth-order valence-corrected chi connectivity index (χ4v) is 4.90. The number of likely N-dealkylation sites (N-methyl/N-ethyl adjacent to an activating group) is 4. The molecule has 10 nitrogen and oxygen atoms in total. The van der Waals surface area contributed by atoms with Crippen molar-refractivity contribution in [3.05, 3.63) is 35.9 Å². The zero-order valence-electron chi connectivity index (χ0n) is 26.2. The summed E-state index contributed by atoms with van der Waals surface area (Å²) in [7, 11) is 6.70. The van der Waals surface area contributed by atoms with Crippen molar-refractivity contribution in [2.24, 2.45) is 11.3 Å². The summed E-state index contributed by atoms with van der Waals surface area (Å²) in [5.74, 6) is -1.81. The number of nitrogens with one attached hydrogen (secondary N) is 2. The maximum absolute atomic E-state index is 14.0. The third-order valence-corrected chi connectivity index (χ3v) is 7.51. The molecule has 0 aliphatic heterocycles. The van der Waals surface area contributed by atoms with E-state index in [4.69, 9.17) is 5.11 Å². The molecule has 40 heavy (non-hydrogen) atoms. The molecule has 0 aliphatic rings. The quantitative estimate of drug-likeness (QED) is 0.318. The van der Waals surface area contributed by atoms with Crippen molar-refractivity contribution in [3.8, 4) is 0 Å². The Balaban J connectivity index is 3.14. The summed E-state index contributed by atoms with van der Waals surface area (Å²) >= 11 is 0. The molecule has 0 fully saturated rings. The van der Waals surface area contributed by atoms with Gasteiger partial charge in [0.2, 0.25) is 17.7 Å². The van der Waals surface area contributed by atoms with Crippen molar-refractivity contribution in [2.75, 3.05) is 47.8 Å². The summed E-state index contributed by atoms with van der Waals surface area (Å²) in [6, 6.07) is 8.18. The third kappa shape index (κ3) is 9.59. The van der Waals surface area contributed by atoms with Crippen molar-refractivity contribution < 1.29 is 24.3 Å². The van der Waals surface area contributed by atoms with Gasteiger partial charge in [0.25, 0.3) is 0 Å². The zero-order valence-corrected chi connectivity index (χ0v) is 26.2. The number of benzene rings is 1. The number of carboxylic acid groups (broad SMARTS) is 1. The van der Waals surface area contributed by atoms with Crippen LogP contribution in [0.3, 0.4) is 0 Å². The number of rotatable bonds is 14. The molecule has 0 aliphatic carbocycles. The molecular weight excluding hydrogens is 510 g/mol. The van der Waals surface area contributed by atoms with Gasteiger partial charge in [-0.05, 0) is 31.0 Å². The summed E-state index contributed by atoms with van der Waals surface area (Å²) in [5.41, 5.74) is -0.105. The fraction of sp³-hybridized carbons (Fsp3) is 0.667. The second kappa shape index (κ2) is 14.6. The molecular formula is C30H51N5O5. The molecule has 3 atom stereocenters. The zero-order chi connectivity index (χ0) is 31.0. The summed E-state index contributed by atoms with van der Waals surface area (Å²) in [4.78, 5) is 55.7. The fourth-order valence-electron chi connectivity index (χ4n) is 4.90. The van der Waals surface area contributed by atoms with Crippen molar-refractivity contribution in [1.82, 2.24) is 25.3 Å². The monoisotopic (exact) mass is 561 g/mol. The van der Waals surface area contributed by atoms with Gasteiger partial charge in [-0.15, -0.1) is 0 Å². The van der Waals surface area contributed by atoms with E-state index in [-0.39, 0.29) is 42.8 Å². The Hall–Kier alpha value is -2.98. The van der Waals surface area contributed by atoms with E-state index in [1.54, 1.807) is 30.9 Å². The number of hydrogen-bond donors (Lipinski definition) is 3. The van der Waals surface area contributed by atoms with Crippen molar-refractivity contribution >= 4 is 23.7 Å². The highest BCUT2D eigenvalue weighted by atomic mass is 16.4. The molecule has 1 unspecified atom stereocenters. The van der Waals surface area contributed by atoms with E-state index < -0.39 is 28.9 Å². The second-order valence-electron chi connectivity index (χ2n) is 12.7. The van der Waals surface area contributed by atoms with Gasteiger partial charge in [0, 0.05) is 32.1 Å². The van der Waals surface area contributed by atoms with Crippen LogP contribution in [0.25, 0.3) is 0 Å². The highest BCUT2D eigenvalue weighted by Gasteiger charge is 2.41. The van der Waals surface area contributed by atoms with E-state index in [9.17, 15) is 19.2 Å². The maximum Gasteiger partial charge on any atom is 0.323 e. The lowest BCUT2D eigenvalue weighted by Crippen LogP contribution is -2.62. The molecule has 0 aromatic heterocycles. The average molecular weight is 562 g/mol. The minimum Gasteiger partial charge on any atom is -0.480 e. The first kappa shape index (κ1) is 35.0. The molecule has 0 saturated carbocycles. The highest BCUT2D eigenvalue weighted by molar-refractivity contribution is 5.91. The lowest BCUT2D eigenvalue weighted by atomic mass is 9.76. The number of carbonyl (C=O) groups is 4. The van der Waals surface area contributed by atoms with Crippen LogP contribution in [0.2, 0.25) is 0 Å². The predicted molar refractivity (Wildman–Crippen MR) is 158 cm³/mol. The van der Waals surface area contributed by atoms with Crippen LogP contribution in [-0.4, -0.2) is 109 Å². The van der Waals surface area contributed by atoms with Crippen LogP contribution < -0.4 is 10.6 Å². The Morgan fingerprint density at radius 1 is 0.900 bits per heavy atom. The molecule has 1 aromatic rings. The molecule has 1 rings (SSSR count). The SMILES string of the molecule is CN[C@H](C(=O)NC(C(=O)N(C)[C@H](CN(C)CC(=O)N(C)CC(=O)O)C(C)C)C(C)(C)C)C(C)(C)c1ccccc1. The highest BCUT2D eigenvalue weighted by Crippen LogP contribution is 2.29. The number of nitrogens with zero attached hydrogens (tertiary/aromatic N) is 3. The minimum absolute atomic E-state index is 0.0207. The average Bonchev–Trinajstić information content (AvgIpc) is 2.84. The molecule has 3 N–H and O–H groups in total. The van der Waals surface area contributed by atoms with E-state index in [0.717, 1.165) is 5.56 Å². The molecule has 0 bridgehead atoms. The van der Waals surface area contributed by atoms with E-state index in [2.05, 4.69) is 10.6 Å². The van der Waals surface area contributed by atoms with Gasteiger partial charge < -0.3 is 25.5 Å². The first-order chi connectivity index (χ1) is 18.3. The number of hydrogen-bond acceptors (Lipinski definition) is 6. The first-order valence-corrected chi connectivity index (χ1v) is 13.8. The topological polar surface area (TPSA) is 122 Å². The van der Waals surface area contributed by atoms with Gasteiger partial charge in [-0.2, -0.15) is 0 Å². The molecule has 3 amide bonds. The van der Waals surface area contributed by atoms with Crippen LogP contribution in [0.15, 0.2) is 30.3 Å². The second-order valence-corrected chi connectivity index (χ2v) is 12.7. The van der Waals surface area contributed by atoms with Crippen LogP contribution in [0.4, 0.5) is 0 Å². The Morgan fingerprint density at radius 2 is 1.45 bits per heavy atom. The summed E-state index contributed by atoms with van der Waals surface area (Å²) in [5, 5.41) is 15.2. The van der Waals surface area contributed by atoms with Gasteiger partial charge in [0.05, 0.1) is 12.6 Å². The molecule has 0 saturated heterocycles. The molecule has 0 heterocycles. The minimum atomic E-state index is -1.08. The Labute approximate surface area is 240 Å². The Morgan fingerprint density at radius 3 is 1.90 bits per heavy atom. The standard InChI is InChI=1S/C30H51N5O5/c1-20(2)22(17-33(9)18-23(36)34(10)19-24(37)38)35(11)28(40)26(29(3,4)5)32-27(39)25(31-8)30(6,7)21-15-13-12-14-16-21/h12-16,20,22,25-26,31H,17-19H2,1-11H3,(H,32,39)(H,37,38)/t22-,25-,26?/m1/s1. The molecule has 10 heteroatoms. The van der Waals surface area contributed by atoms with Crippen LogP contribution >= 0.6 is 0 Å². The van der Waals surface area contributed by atoms with Gasteiger partial charge in [-0.1, -0.05) is 78.8 Å². The lowest BCUT2D eigenvalue weighted by molar-refractivity contribution is -0.144. The number of aliphatic carboxylic acids is 1. The van der Waals surface area contributed by atoms with E-state index >= 15 is 0 Å². The Bertz CT molecular complexity index is 1010. The summed E-state index contributed by atoms with van der Waals surface area (Å²) in [6.07, 6.45) is 0. The van der Waals surface area contributed by atoms with Gasteiger partial charge in [-0.3, -0.25) is 24.1 Å². The summed E-state index contributed by atoms with van der Waals surface area (Å²) in [6.45, 7) is 13.8. The van der Waals surface area contributed by atoms with Gasteiger partial charge in [-0.25, -0.2) is 0 Å². The van der Waals surface area contributed by atoms with Gasteiger partial charge in [0.15, 0.2) is 0 Å². The maximum atomic E-state index is 14.0. The van der Waals surface area contributed by atoms with Crippen LogP contribution in [0, 0.1) is 11.3 Å². The van der Waals surface area contributed by atoms with Crippen molar-refractivity contribution in [3.63, 3.8) is 0 Å². The van der Waals surface area contributed by atoms with Crippen LogP contribution in [0.5, 0.6) is 0 Å². The first-order valence-electron chi connectivity index (χ1n) is 13.8. The largest absolute Gasteiger partial charge is 0.480 e. The number of amides is 3. The smallest absolute Gasteiger partial charge is 0.323 e. The van der Waals surface area contributed by atoms with E-state index in [1.165, 1.54) is 11.9 Å².